The second-order valence-electron chi connectivity index (χ2n) is 30.8. The number of hydrogen-bond donors (Lipinski definition) is 0. The van der Waals surface area contributed by atoms with Gasteiger partial charge in [0.1, 0.15) is 35.1 Å². The molecule has 0 aliphatic heterocycles. The number of fused-ring (bicyclic) bond motifs is 3. The molecule has 0 radical (unpaired) electrons. The SMILES string of the molecule is Cc1cc2c(c(Cc3cccc([S+](c4ccccc4)c4cc(C)c(OCC(=O)OC5CCc6c(-c7ccccc7)ccc(-c7cccc([S+](c8ccccc8)c8cc(C)c(OCC(=O)OC9CCc%10c(C)cccc%109)c(C)c8)c7)c65)c(C)c4)c3)c1)C(C)(OC(=O)COc1c(C)cc([S+](c3ccccc3)c3ccccc3)cc1C)CC2. The van der Waals surface area contributed by atoms with E-state index >= 15 is 0 Å². The third-order valence-corrected chi connectivity index (χ3v) is 29.0. The summed E-state index contributed by atoms with van der Waals surface area (Å²) >= 11 is 0. The lowest BCUT2D eigenvalue weighted by Gasteiger charge is -2.28. The van der Waals surface area contributed by atoms with E-state index in [4.69, 9.17) is 28.4 Å². The summed E-state index contributed by atoms with van der Waals surface area (Å²) in [5.41, 5.74) is 20.6. The van der Waals surface area contributed by atoms with Gasteiger partial charge >= 0.3 is 17.9 Å². The van der Waals surface area contributed by atoms with Gasteiger partial charge in [-0.15, -0.1) is 0 Å². The van der Waals surface area contributed by atoms with Crippen LogP contribution in [-0.4, -0.2) is 37.7 Å². The molecule has 0 aromatic heterocycles. The molecule has 12 heteroatoms. The Hall–Kier alpha value is -11.3. The zero-order valence-electron chi connectivity index (χ0n) is 66.7. The summed E-state index contributed by atoms with van der Waals surface area (Å²) in [5.74, 6) is 0.819. The zero-order valence-corrected chi connectivity index (χ0v) is 69.1. The van der Waals surface area contributed by atoms with Crippen molar-refractivity contribution in [2.45, 2.75) is 169 Å². The average molecular weight is 1570 g/mol. The van der Waals surface area contributed by atoms with Crippen molar-refractivity contribution >= 4 is 50.6 Å². The molecule has 3 aliphatic rings. The van der Waals surface area contributed by atoms with Crippen LogP contribution >= 0.6 is 0 Å². The maximum absolute atomic E-state index is 14.6. The fraction of sp³-hybridized carbons (Fsp3) is 0.214. The molecule has 9 nitrogen and oxygen atoms in total. The number of ether oxygens (including phenoxy) is 6. The second kappa shape index (κ2) is 34.0. The predicted octanol–water partition coefficient (Wildman–Crippen LogP) is 23.4. The normalized spacial score (nSPS) is 15.8. The first-order valence-corrected chi connectivity index (χ1v) is 43.4. The van der Waals surface area contributed by atoms with Crippen molar-refractivity contribution in [3.8, 4) is 39.5 Å². The number of hydrogen-bond acceptors (Lipinski definition) is 9. The van der Waals surface area contributed by atoms with Crippen LogP contribution in [0.3, 0.4) is 0 Å². The van der Waals surface area contributed by atoms with E-state index in [9.17, 15) is 14.4 Å². The van der Waals surface area contributed by atoms with E-state index in [0.29, 0.717) is 36.5 Å². The van der Waals surface area contributed by atoms with Crippen LogP contribution in [0.15, 0.2) is 323 Å². The summed E-state index contributed by atoms with van der Waals surface area (Å²) in [6.07, 6.45) is 4.35. The van der Waals surface area contributed by atoms with Gasteiger partial charge in [0.25, 0.3) is 0 Å². The van der Waals surface area contributed by atoms with Crippen molar-refractivity contribution in [2.75, 3.05) is 19.8 Å². The van der Waals surface area contributed by atoms with Crippen LogP contribution in [-0.2, 0) is 92.6 Å². The van der Waals surface area contributed by atoms with Crippen molar-refractivity contribution in [1.82, 2.24) is 0 Å². The van der Waals surface area contributed by atoms with Crippen LogP contribution < -0.4 is 14.2 Å². The Balaban J connectivity index is 0.615. The summed E-state index contributed by atoms with van der Waals surface area (Å²) in [6.45, 7) is 18.0. The molecule has 16 rings (SSSR count). The summed E-state index contributed by atoms with van der Waals surface area (Å²) < 4.78 is 38.6. The lowest BCUT2D eigenvalue weighted by Crippen LogP contribution is -2.30. The van der Waals surface area contributed by atoms with E-state index in [2.05, 4.69) is 315 Å². The molecule has 0 bridgehead atoms. The minimum Gasteiger partial charge on any atom is -0.481 e. The first-order valence-electron chi connectivity index (χ1n) is 39.8. The van der Waals surface area contributed by atoms with E-state index in [1.54, 1.807) is 0 Å². The van der Waals surface area contributed by atoms with Crippen molar-refractivity contribution in [2.24, 2.45) is 0 Å². The largest absolute Gasteiger partial charge is 0.481 e. The monoisotopic (exact) mass is 1570 g/mol. The Kier molecular flexibility index (Phi) is 23.0. The Bertz CT molecular complexity index is 5680. The molecule has 0 amide bonds. The van der Waals surface area contributed by atoms with Crippen molar-refractivity contribution in [3.63, 3.8) is 0 Å². The number of esters is 3. The number of carbonyl (C=O) groups excluding carboxylic acids is 3. The van der Waals surface area contributed by atoms with Gasteiger partial charge in [-0.2, -0.15) is 0 Å². The maximum atomic E-state index is 14.6. The molecular weight excluding hydrogens is 1480 g/mol. The molecule has 576 valence electrons. The zero-order chi connectivity index (χ0) is 79.4. The van der Waals surface area contributed by atoms with E-state index in [0.717, 1.165) is 129 Å². The Morgan fingerprint density at radius 3 is 1.30 bits per heavy atom. The Labute approximate surface area is 685 Å². The quantitative estimate of drug-likeness (QED) is 0.0314. The van der Waals surface area contributed by atoms with Crippen LogP contribution in [0.2, 0.25) is 0 Å². The van der Waals surface area contributed by atoms with Gasteiger partial charge in [0.15, 0.2) is 63.9 Å². The Morgan fingerprint density at radius 2 is 0.783 bits per heavy atom. The van der Waals surface area contributed by atoms with E-state index in [-0.39, 0.29) is 42.8 Å². The molecule has 3 aliphatic carbocycles. The molecule has 5 atom stereocenters. The highest BCUT2D eigenvalue weighted by molar-refractivity contribution is 7.97. The summed E-state index contributed by atoms with van der Waals surface area (Å²) in [6, 6.07) is 99.1. The van der Waals surface area contributed by atoms with E-state index in [1.807, 2.05) is 26.0 Å². The number of rotatable bonds is 25. The lowest BCUT2D eigenvalue weighted by molar-refractivity contribution is -0.161. The van der Waals surface area contributed by atoms with Gasteiger partial charge in [-0.25, -0.2) is 14.4 Å². The molecule has 0 N–H and O–H groups in total. The Morgan fingerprint density at radius 1 is 0.365 bits per heavy atom. The molecule has 0 spiro atoms. The number of aryl methyl sites for hydroxylation is 9. The first kappa shape index (κ1) is 77.6. The molecular formula is C103H95O9S3+3. The van der Waals surface area contributed by atoms with Gasteiger partial charge in [0.05, 0.1) is 32.7 Å². The van der Waals surface area contributed by atoms with E-state index < -0.39 is 45.4 Å². The lowest BCUT2D eigenvalue weighted by atomic mass is 9.88. The predicted molar refractivity (Wildman–Crippen MR) is 461 cm³/mol. The van der Waals surface area contributed by atoms with Gasteiger partial charge in [-0.1, -0.05) is 175 Å². The van der Waals surface area contributed by atoms with Gasteiger partial charge in [-0.3, -0.25) is 0 Å². The van der Waals surface area contributed by atoms with Gasteiger partial charge in [0, 0.05) is 53.6 Å². The topological polar surface area (TPSA) is 107 Å². The fourth-order valence-electron chi connectivity index (χ4n) is 17.5. The smallest absolute Gasteiger partial charge is 0.345 e. The van der Waals surface area contributed by atoms with Crippen molar-refractivity contribution in [3.05, 3.63) is 368 Å². The van der Waals surface area contributed by atoms with Crippen LogP contribution in [0.1, 0.15) is 127 Å². The second-order valence-corrected chi connectivity index (χ2v) is 36.9. The summed E-state index contributed by atoms with van der Waals surface area (Å²) in [5, 5.41) is 0. The number of carbonyl (C=O) groups is 3. The van der Waals surface area contributed by atoms with E-state index in [1.165, 1.54) is 52.3 Å². The molecule has 0 fully saturated rings. The highest BCUT2D eigenvalue weighted by Gasteiger charge is 2.42. The minimum absolute atomic E-state index is 0.183. The van der Waals surface area contributed by atoms with Crippen LogP contribution in [0.4, 0.5) is 0 Å². The fourth-order valence-corrected chi connectivity index (χ4v) is 24.4. The molecule has 0 saturated carbocycles. The summed E-state index contributed by atoms with van der Waals surface area (Å²) in [7, 11) is -1.41. The number of benzene rings is 13. The third kappa shape index (κ3) is 16.7. The molecule has 0 saturated heterocycles. The molecule has 115 heavy (non-hydrogen) atoms. The van der Waals surface area contributed by atoms with Crippen LogP contribution in [0.25, 0.3) is 22.3 Å². The van der Waals surface area contributed by atoms with Gasteiger partial charge in [-0.05, 0) is 269 Å². The first-order chi connectivity index (χ1) is 55.9. The molecule has 5 unspecified atom stereocenters. The summed E-state index contributed by atoms with van der Waals surface area (Å²) in [4.78, 5) is 52.7. The van der Waals surface area contributed by atoms with Gasteiger partial charge in [0.2, 0.25) is 0 Å². The highest BCUT2D eigenvalue weighted by atomic mass is 32.2. The molecule has 0 heterocycles. The van der Waals surface area contributed by atoms with Crippen molar-refractivity contribution < 1.29 is 42.8 Å². The van der Waals surface area contributed by atoms with Crippen molar-refractivity contribution in [1.29, 1.82) is 0 Å². The average Bonchev–Trinajstić information content (AvgIpc) is 1.65. The maximum Gasteiger partial charge on any atom is 0.345 e. The standard InChI is InChI=1S/C103H95O9S3/c1-66-52-77-50-51-103(9,112-97(106)65-109-102-68(3)54-85(55-69(102)4)113(79-33-17-11-18-34-79)80-35-19-12-20-36-80)99(77)78(53-66)60-74-29-26-41-83(61-74)114(81-37-21-13-22-38-81)86-56-70(5)101(71(6)57-86)108-64-96(105)111-94-49-47-92-89(75-30-15-10-16-31-75)44-45-90(98(92)94)76-32-27-42-84(62-76)115(82-39-23-14-24-40-82)87-58-72(7)100(73(8)59-87)107-63-95(104)110-93-48-46-88-67(2)28-25-43-91(88)93/h10-45,52-59,61-62,93-94H,46-51,60,63-65H2,1-9H3/q+3. The van der Waals surface area contributed by atoms with Crippen LogP contribution in [0.5, 0.6) is 17.2 Å². The minimum atomic E-state index is -0.854. The van der Waals surface area contributed by atoms with Gasteiger partial charge < -0.3 is 28.4 Å². The molecule has 13 aromatic rings. The van der Waals surface area contributed by atoms with Crippen LogP contribution in [0, 0.1) is 55.4 Å². The highest BCUT2D eigenvalue weighted by Crippen LogP contribution is 2.49. The third-order valence-electron chi connectivity index (χ3n) is 22.4. The molecule has 13 aromatic carbocycles.